The second-order valence-electron chi connectivity index (χ2n) is 6.44. The highest BCUT2D eigenvalue weighted by Crippen LogP contribution is 2.23. The highest BCUT2D eigenvalue weighted by Gasteiger charge is 2.14. The second-order valence-corrected chi connectivity index (χ2v) is 7.35. The standard InChI is InChI=1S/C22H19BrN4O4/c1-14-9-16(12-29-2)19(10-24)22(26-14)30-13-21(28)27-25-11-18-7-8-20(31-18)15-3-5-17(23)6-4-15/h3-9,11H,12-13H2,1-2H3,(H,27,28). The molecule has 1 N–H and O–H groups in total. The number of nitrogens with zero attached hydrogens (tertiary/aromatic N) is 3. The molecule has 0 saturated carbocycles. The number of carbonyl (C=O) groups is 1. The van der Waals surface area contributed by atoms with E-state index in [2.05, 4.69) is 31.4 Å². The monoisotopic (exact) mass is 482 g/mol. The highest BCUT2D eigenvalue weighted by molar-refractivity contribution is 9.10. The minimum atomic E-state index is -0.503. The lowest BCUT2D eigenvalue weighted by Gasteiger charge is -2.10. The van der Waals surface area contributed by atoms with Crippen molar-refractivity contribution >= 4 is 28.1 Å². The molecule has 0 aliphatic carbocycles. The largest absolute Gasteiger partial charge is 0.467 e. The molecule has 158 valence electrons. The Bertz CT molecular complexity index is 1130. The first-order valence-electron chi connectivity index (χ1n) is 9.20. The van der Waals surface area contributed by atoms with E-state index < -0.39 is 5.91 Å². The summed E-state index contributed by atoms with van der Waals surface area (Å²) in [5.74, 6) is 0.746. The van der Waals surface area contributed by atoms with Crippen molar-refractivity contribution in [3.8, 4) is 23.3 Å². The van der Waals surface area contributed by atoms with Crippen LogP contribution in [0.15, 0.2) is 56.5 Å². The van der Waals surface area contributed by atoms with Crippen LogP contribution in [0.2, 0.25) is 0 Å². The number of methoxy groups -OCH3 is 1. The van der Waals surface area contributed by atoms with E-state index in [0.29, 0.717) is 22.8 Å². The van der Waals surface area contributed by atoms with Crippen LogP contribution in [0.4, 0.5) is 0 Å². The van der Waals surface area contributed by atoms with Crippen LogP contribution in [0.25, 0.3) is 11.3 Å². The van der Waals surface area contributed by atoms with Crippen LogP contribution >= 0.6 is 15.9 Å². The summed E-state index contributed by atoms with van der Waals surface area (Å²) < 4.78 is 17.2. The van der Waals surface area contributed by atoms with E-state index in [4.69, 9.17) is 13.9 Å². The Morgan fingerprint density at radius 2 is 2.10 bits per heavy atom. The number of halogens is 1. The number of carbonyl (C=O) groups excluding carboxylic acids is 1. The normalized spacial score (nSPS) is 10.8. The quantitative estimate of drug-likeness (QED) is 0.384. The van der Waals surface area contributed by atoms with Gasteiger partial charge in [-0.3, -0.25) is 4.79 Å². The molecule has 2 aromatic heterocycles. The van der Waals surface area contributed by atoms with Gasteiger partial charge in [-0.25, -0.2) is 10.4 Å². The molecule has 3 rings (SSSR count). The molecule has 0 bridgehead atoms. The summed E-state index contributed by atoms with van der Waals surface area (Å²) in [4.78, 5) is 16.2. The first kappa shape index (κ1) is 22.2. The first-order chi connectivity index (χ1) is 15.0. The molecule has 0 saturated heterocycles. The summed E-state index contributed by atoms with van der Waals surface area (Å²) >= 11 is 3.39. The van der Waals surface area contributed by atoms with Crippen molar-refractivity contribution in [3.63, 3.8) is 0 Å². The van der Waals surface area contributed by atoms with Crippen molar-refractivity contribution in [2.45, 2.75) is 13.5 Å². The van der Waals surface area contributed by atoms with Crippen molar-refractivity contribution in [1.29, 1.82) is 5.26 Å². The van der Waals surface area contributed by atoms with Crippen molar-refractivity contribution in [2.75, 3.05) is 13.7 Å². The lowest BCUT2D eigenvalue weighted by molar-refractivity contribution is -0.123. The summed E-state index contributed by atoms with van der Waals surface area (Å²) in [6.07, 6.45) is 1.39. The van der Waals surface area contributed by atoms with Gasteiger partial charge in [0.25, 0.3) is 5.91 Å². The van der Waals surface area contributed by atoms with Crippen LogP contribution in [0.3, 0.4) is 0 Å². The van der Waals surface area contributed by atoms with Gasteiger partial charge < -0.3 is 13.9 Å². The fourth-order valence-corrected chi connectivity index (χ4v) is 2.99. The smallest absolute Gasteiger partial charge is 0.278 e. The molecule has 0 spiro atoms. The number of hydrogen-bond donors (Lipinski definition) is 1. The molecular weight excluding hydrogens is 464 g/mol. The Morgan fingerprint density at radius 1 is 1.32 bits per heavy atom. The van der Waals surface area contributed by atoms with Crippen LogP contribution in [0.1, 0.15) is 22.6 Å². The molecule has 0 aliphatic heterocycles. The summed E-state index contributed by atoms with van der Waals surface area (Å²) in [5, 5.41) is 13.3. The van der Waals surface area contributed by atoms with Gasteiger partial charge in [-0.05, 0) is 37.3 Å². The zero-order valence-electron chi connectivity index (χ0n) is 16.9. The third kappa shape index (κ3) is 6.01. The van der Waals surface area contributed by atoms with E-state index in [0.717, 1.165) is 10.0 Å². The Labute approximate surface area is 187 Å². The van der Waals surface area contributed by atoms with Gasteiger partial charge in [-0.1, -0.05) is 28.1 Å². The van der Waals surface area contributed by atoms with Crippen LogP contribution in [-0.2, 0) is 16.1 Å². The predicted octanol–water partition coefficient (Wildman–Crippen LogP) is 3.96. The van der Waals surface area contributed by atoms with Gasteiger partial charge in [0.15, 0.2) is 6.61 Å². The molecule has 1 aromatic carbocycles. The van der Waals surface area contributed by atoms with Crippen molar-refractivity contribution in [2.24, 2.45) is 5.10 Å². The minimum absolute atomic E-state index is 0.0823. The molecule has 0 fully saturated rings. The average Bonchev–Trinajstić information content (AvgIpc) is 3.22. The zero-order valence-corrected chi connectivity index (χ0v) is 18.5. The maximum atomic E-state index is 12.0. The summed E-state index contributed by atoms with van der Waals surface area (Å²) in [6.45, 7) is 1.66. The number of nitrogens with one attached hydrogen (secondary N) is 1. The van der Waals surface area contributed by atoms with Crippen molar-refractivity contribution in [3.05, 3.63) is 69.5 Å². The van der Waals surface area contributed by atoms with Gasteiger partial charge in [0.2, 0.25) is 5.88 Å². The molecule has 31 heavy (non-hydrogen) atoms. The van der Waals surface area contributed by atoms with Crippen LogP contribution in [0.5, 0.6) is 5.88 Å². The number of rotatable bonds is 8. The molecule has 9 heteroatoms. The molecular formula is C22H19BrN4O4. The van der Waals surface area contributed by atoms with Crippen LogP contribution in [-0.4, -0.2) is 30.8 Å². The van der Waals surface area contributed by atoms with E-state index in [-0.39, 0.29) is 24.7 Å². The Balaban J connectivity index is 1.57. The zero-order chi connectivity index (χ0) is 22.2. The van der Waals surface area contributed by atoms with Gasteiger partial charge >= 0.3 is 0 Å². The lowest BCUT2D eigenvalue weighted by atomic mass is 10.1. The van der Waals surface area contributed by atoms with Gasteiger partial charge in [-0.15, -0.1) is 0 Å². The number of furan rings is 1. The van der Waals surface area contributed by atoms with Crippen molar-refractivity contribution < 1.29 is 18.7 Å². The molecule has 0 unspecified atom stereocenters. The SMILES string of the molecule is COCc1cc(C)nc(OCC(=O)NN=Cc2ccc(-c3ccc(Br)cc3)o2)c1C#N. The minimum Gasteiger partial charge on any atom is -0.467 e. The Morgan fingerprint density at radius 3 is 2.81 bits per heavy atom. The number of ether oxygens (including phenoxy) is 2. The molecule has 8 nitrogen and oxygen atoms in total. The van der Waals surface area contributed by atoms with Gasteiger partial charge in [-0.2, -0.15) is 10.4 Å². The number of hydrogen-bond acceptors (Lipinski definition) is 7. The second kappa shape index (κ2) is 10.5. The van der Waals surface area contributed by atoms with E-state index in [1.165, 1.54) is 13.3 Å². The number of aryl methyl sites for hydroxylation is 1. The first-order valence-corrected chi connectivity index (χ1v) is 9.99. The molecule has 3 aromatic rings. The summed E-state index contributed by atoms with van der Waals surface area (Å²) in [5.41, 5.74) is 4.81. The Hall–Kier alpha value is -3.48. The third-order valence-electron chi connectivity index (χ3n) is 4.08. The number of pyridine rings is 1. The number of aromatic nitrogens is 1. The summed E-state index contributed by atoms with van der Waals surface area (Å²) in [6, 6.07) is 15.0. The van der Waals surface area contributed by atoms with E-state index >= 15 is 0 Å². The van der Waals surface area contributed by atoms with Crippen molar-refractivity contribution in [1.82, 2.24) is 10.4 Å². The van der Waals surface area contributed by atoms with Gasteiger partial charge in [0.05, 0.1) is 12.8 Å². The number of hydrazone groups is 1. The molecule has 2 heterocycles. The van der Waals surface area contributed by atoms with Crippen LogP contribution in [0, 0.1) is 18.3 Å². The van der Waals surface area contributed by atoms with E-state index in [1.54, 1.807) is 19.1 Å². The molecule has 0 atom stereocenters. The molecule has 1 amide bonds. The fraction of sp³-hybridized carbons (Fsp3) is 0.182. The maximum Gasteiger partial charge on any atom is 0.278 e. The Kier molecular flexibility index (Phi) is 7.54. The third-order valence-corrected chi connectivity index (χ3v) is 4.61. The predicted molar refractivity (Wildman–Crippen MR) is 117 cm³/mol. The molecule has 0 radical (unpaired) electrons. The average molecular weight is 483 g/mol. The summed E-state index contributed by atoms with van der Waals surface area (Å²) in [7, 11) is 1.53. The number of amides is 1. The van der Waals surface area contributed by atoms with E-state index in [9.17, 15) is 10.1 Å². The van der Waals surface area contributed by atoms with Gasteiger partial charge in [0.1, 0.15) is 23.2 Å². The van der Waals surface area contributed by atoms with Crippen LogP contribution < -0.4 is 10.2 Å². The molecule has 0 aliphatic rings. The maximum absolute atomic E-state index is 12.0. The highest BCUT2D eigenvalue weighted by atomic mass is 79.9. The number of benzene rings is 1. The lowest BCUT2D eigenvalue weighted by Crippen LogP contribution is -2.25. The van der Waals surface area contributed by atoms with E-state index in [1.807, 2.05) is 36.4 Å². The topological polar surface area (TPSA) is 110 Å². The van der Waals surface area contributed by atoms with Gasteiger partial charge in [0, 0.05) is 28.4 Å². The fourth-order valence-electron chi connectivity index (χ4n) is 2.73. The number of nitriles is 1.